The molecule has 1 aromatic heterocycles. The number of sulfonamides is 1. The first-order valence-corrected chi connectivity index (χ1v) is 11.1. The van der Waals surface area contributed by atoms with Crippen LogP contribution in [0.2, 0.25) is 0 Å². The molecule has 0 spiro atoms. The van der Waals surface area contributed by atoms with Gasteiger partial charge in [-0.2, -0.15) is 0 Å². The van der Waals surface area contributed by atoms with Crippen LogP contribution in [0, 0.1) is 0 Å². The predicted octanol–water partition coefficient (Wildman–Crippen LogP) is 3.17. The van der Waals surface area contributed by atoms with E-state index in [-0.39, 0.29) is 24.7 Å². The lowest BCUT2D eigenvalue weighted by molar-refractivity contribution is -0.138. The first-order valence-electron chi connectivity index (χ1n) is 9.63. The van der Waals surface area contributed by atoms with Crippen molar-refractivity contribution in [1.82, 2.24) is 4.72 Å². The summed E-state index contributed by atoms with van der Waals surface area (Å²) in [4.78, 5) is 23.6. The Hall–Kier alpha value is -3.69. The highest BCUT2D eigenvalue weighted by atomic mass is 32.2. The van der Waals surface area contributed by atoms with E-state index in [4.69, 9.17) is 13.9 Å². The van der Waals surface area contributed by atoms with Crippen LogP contribution >= 0.6 is 0 Å². The highest BCUT2D eigenvalue weighted by Crippen LogP contribution is 2.13. The summed E-state index contributed by atoms with van der Waals surface area (Å²) in [6, 6.07) is 17.8. The normalized spacial score (nSPS) is 11.4. The molecule has 0 saturated heterocycles. The van der Waals surface area contributed by atoms with Gasteiger partial charge in [-0.3, -0.25) is 0 Å². The van der Waals surface area contributed by atoms with Crippen molar-refractivity contribution in [1.29, 1.82) is 0 Å². The van der Waals surface area contributed by atoms with E-state index in [2.05, 4.69) is 4.72 Å². The molecule has 9 heteroatoms. The Labute approximate surface area is 185 Å². The maximum Gasteiger partial charge on any atom is 0.338 e. The summed E-state index contributed by atoms with van der Waals surface area (Å²) in [5.41, 5.74) is 1.03. The quantitative estimate of drug-likeness (QED) is 0.284. The van der Waals surface area contributed by atoms with E-state index in [1.54, 1.807) is 54.6 Å². The summed E-state index contributed by atoms with van der Waals surface area (Å²) in [5, 5.41) is 0. The molecule has 0 aliphatic rings. The fraction of sp³-hybridized carbons (Fsp3) is 0.130. The van der Waals surface area contributed by atoms with Crippen LogP contribution in [-0.2, 0) is 30.8 Å². The van der Waals surface area contributed by atoms with Crippen LogP contribution in [0.4, 0.5) is 0 Å². The van der Waals surface area contributed by atoms with Gasteiger partial charge in [-0.25, -0.2) is 22.7 Å². The van der Waals surface area contributed by atoms with E-state index in [0.717, 1.165) is 0 Å². The van der Waals surface area contributed by atoms with Crippen LogP contribution in [0.15, 0.2) is 88.4 Å². The lowest BCUT2D eigenvalue weighted by atomic mass is 10.2. The summed E-state index contributed by atoms with van der Waals surface area (Å²) >= 11 is 0. The van der Waals surface area contributed by atoms with Crippen molar-refractivity contribution >= 4 is 28.0 Å². The average Bonchev–Trinajstić information content (AvgIpc) is 3.34. The van der Waals surface area contributed by atoms with E-state index in [1.165, 1.54) is 30.5 Å². The molecule has 3 rings (SSSR count). The van der Waals surface area contributed by atoms with Gasteiger partial charge >= 0.3 is 11.9 Å². The largest absolute Gasteiger partial charge is 0.468 e. The molecule has 0 bridgehead atoms. The van der Waals surface area contributed by atoms with Crippen LogP contribution in [0.1, 0.15) is 21.7 Å². The van der Waals surface area contributed by atoms with Crippen molar-refractivity contribution in [3.05, 3.63) is 96.0 Å². The summed E-state index contributed by atoms with van der Waals surface area (Å²) in [7, 11) is -3.69. The Kier molecular flexibility index (Phi) is 7.96. The van der Waals surface area contributed by atoms with E-state index in [9.17, 15) is 18.0 Å². The Balaban J connectivity index is 1.42. The molecule has 0 amide bonds. The first kappa shape index (κ1) is 23.0. The number of benzene rings is 2. The number of esters is 2. The molecule has 0 aliphatic heterocycles. The second-order valence-corrected chi connectivity index (χ2v) is 8.24. The summed E-state index contributed by atoms with van der Waals surface area (Å²) in [6.07, 6.45) is 4.16. The average molecular weight is 455 g/mol. The monoisotopic (exact) mass is 455 g/mol. The number of hydrogen-bond donors (Lipinski definition) is 1. The lowest BCUT2D eigenvalue weighted by Crippen LogP contribution is -2.22. The van der Waals surface area contributed by atoms with Crippen molar-refractivity contribution in [2.24, 2.45) is 0 Å². The van der Waals surface area contributed by atoms with Gasteiger partial charge in [0.1, 0.15) is 19.0 Å². The van der Waals surface area contributed by atoms with Crippen LogP contribution in [0.25, 0.3) is 6.08 Å². The molecular formula is C23H21NO7S. The SMILES string of the molecule is O=C(/C=C/c1ccc(S(=O)(=O)NCc2ccco2)cc1)OCCOC(=O)c1ccccc1. The maximum atomic E-state index is 12.3. The fourth-order valence-corrected chi connectivity index (χ4v) is 3.56. The molecule has 2 aromatic carbocycles. The molecule has 0 atom stereocenters. The Morgan fingerprint density at radius 3 is 2.31 bits per heavy atom. The minimum Gasteiger partial charge on any atom is -0.468 e. The predicted molar refractivity (Wildman–Crippen MR) is 116 cm³/mol. The lowest BCUT2D eigenvalue weighted by Gasteiger charge is -2.06. The zero-order chi connectivity index (χ0) is 22.8. The molecule has 8 nitrogen and oxygen atoms in total. The van der Waals surface area contributed by atoms with Gasteiger partial charge in [0.05, 0.1) is 23.3 Å². The van der Waals surface area contributed by atoms with Crippen LogP contribution in [0.5, 0.6) is 0 Å². The third kappa shape index (κ3) is 6.93. The zero-order valence-corrected chi connectivity index (χ0v) is 17.8. The molecular weight excluding hydrogens is 434 g/mol. The highest BCUT2D eigenvalue weighted by Gasteiger charge is 2.14. The second kappa shape index (κ2) is 11.1. The van der Waals surface area contributed by atoms with Gasteiger partial charge in [-0.1, -0.05) is 30.3 Å². The first-order chi connectivity index (χ1) is 15.4. The third-order valence-corrected chi connectivity index (χ3v) is 5.61. The number of nitrogens with one attached hydrogen (secondary N) is 1. The van der Waals surface area contributed by atoms with Crippen molar-refractivity contribution in [2.45, 2.75) is 11.4 Å². The van der Waals surface area contributed by atoms with Gasteiger partial charge in [-0.15, -0.1) is 0 Å². The Bertz CT molecular complexity index is 1150. The van der Waals surface area contributed by atoms with Crippen LogP contribution < -0.4 is 4.72 Å². The molecule has 3 aromatic rings. The molecule has 32 heavy (non-hydrogen) atoms. The van der Waals surface area contributed by atoms with Crippen LogP contribution in [-0.4, -0.2) is 33.6 Å². The smallest absolute Gasteiger partial charge is 0.338 e. The van der Waals surface area contributed by atoms with Gasteiger partial charge in [0.2, 0.25) is 10.0 Å². The molecule has 1 heterocycles. The van der Waals surface area contributed by atoms with Crippen molar-refractivity contribution in [2.75, 3.05) is 13.2 Å². The van der Waals surface area contributed by atoms with Gasteiger partial charge in [0.25, 0.3) is 0 Å². The molecule has 1 N–H and O–H groups in total. The summed E-state index contributed by atoms with van der Waals surface area (Å²) in [5.74, 6) is -0.607. The van der Waals surface area contributed by atoms with Crippen LogP contribution in [0.3, 0.4) is 0 Å². The molecule has 166 valence electrons. The molecule has 0 fully saturated rings. The van der Waals surface area contributed by atoms with Gasteiger partial charge < -0.3 is 13.9 Å². The second-order valence-electron chi connectivity index (χ2n) is 6.48. The molecule has 0 aliphatic carbocycles. The van der Waals surface area contributed by atoms with Gasteiger partial charge in [0, 0.05) is 6.08 Å². The summed E-state index contributed by atoms with van der Waals surface area (Å²) in [6.45, 7) is -0.103. The van der Waals surface area contributed by atoms with Crippen molar-refractivity contribution in [3.8, 4) is 0 Å². The number of ether oxygens (including phenoxy) is 2. The van der Waals surface area contributed by atoms with E-state index in [1.807, 2.05) is 0 Å². The van der Waals surface area contributed by atoms with Crippen molar-refractivity contribution in [3.63, 3.8) is 0 Å². The molecule has 0 radical (unpaired) electrons. The Morgan fingerprint density at radius 1 is 0.906 bits per heavy atom. The minimum absolute atomic E-state index is 0.0451. The van der Waals surface area contributed by atoms with Gasteiger partial charge in [0.15, 0.2) is 0 Å². The zero-order valence-electron chi connectivity index (χ0n) is 17.0. The van der Waals surface area contributed by atoms with E-state index < -0.39 is 22.0 Å². The van der Waals surface area contributed by atoms with E-state index in [0.29, 0.717) is 16.9 Å². The third-order valence-electron chi connectivity index (χ3n) is 4.19. The number of rotatable bonds is 10. The summed E-state index contributed by atoms with van der Waals surface area (Å²) < 4.78 is 42.2. The standard InChI is InChI=1S/C23H21NO7S/c25-22(30-15-16-31-23(26)19-5-2-1-3-6-19)13-10-18-8-11-21(12-9-18)32(27,28)24-17-20-7-4-14-29-20/h1-14,24H,15-17H2/b13-10+. The maximum absolute atomic E-state index is 12.3. The highest BCUT2D eigenvalue weighted by molar-refractivity contribution is 7.89. The molecule has 0 saturated carbocycles. The number of hydrogen-bond acceptors (Lipinski definition) is 7. The number of furan rings is 1. The fourth-order valence-electron chi connectivity index (χ4n) is 2.57. The number of carbonyl (C=O) groups is 2. The van der Waals surface area contributed by atoms with Gasteiger partial charge in [-0.05, 0) is 48.0 Å². The van der Waals surface area contributed by atoms with E-state index >= 15 is 0 Å². The number of carbonyl (C=O) groups excluding carboxylic acids is 2. The minimum atomic E-state index is -3.69. The molecule has 0 unspecified atom stereocenters. The topological polar surface area (TPSA) is 112 Å². The Morgan fingerprint density at radius 2 is 1.62 bits per heavy atom. The van der Waals surface area contributed by atoms with Crippen molar-refractivity contribution < 1.29 is 31.9 Å².